The second-order valence-electron chi connectivity index (χ2n) is 4.57. The summed E-state index contributed by atoms with van der Waals surface area (Å²) in [5.41, 5.74) is 1.70. The third kappa shape index (κ3) is 3.24. The molecule has 0 fully saturated rings. The summed E-state index contributed by atoms with van der Waals surface area (Å²) in [7, 11) is 5.64. The minimum atomic E-state index is -0.0731. The zero-order valence-corrected chi connectivity index (χ0v) is 11.3. The smallest absolute Gasteiger partial charge is 0.253 e. The van der Waals surface area contributed by atoms with Crippen LogP contribution in [0.2, 0.25) is 0 Å². The van der Waals surface area contributed by atoms with Crippen LogP contribution in [0, 0.1) is 11.3 Å². The summed E-state index contributed by atoms with van der Waals surface area (Å²) in [5, 5.41) is 8.64. The van der Waals surface area contributed by atoms with E-state index in [1.807, 2.05) is 50.2 Å². The summed E-state index contributed by atoms with van der Waals surface area (Å²) < 4.78 is 0. The largest absolute Gasteiger partial charge is 0.378 e. The Morgan fingerprint density at radius 3 is 2.28 bits per heavy atom. The molecule has 0 saturated carbocycles. The molecule has 96 valence electrons. The van der Waals surface area contributed by atoms with Crippen LogP contribution in [0.15, 0.2) is 24.3 Å². The van der Waals surface area contributed by atoms with Crippen molar-refractivity contribution in [1.29, 1.82) is 5.26 Å². The van der Waals surface area contributed by atoms with Crippen molar-refractivity contribution in [2.75, 3.05) is 26.0 Å². The van der Waals surface area contributed by atoms with Gasteiger partial charge in [-0.25, -0.2) is 0 Å². The summed E-state index contributed by atoms with van der Waals surface area (Å²) >= 11 is 0. The molecule has 0 spiro atoms. The maximum absolute atomic E-state index is 12.1. The number of carbonyl (C=O) groups is 1. The fourth-order valence-electron chi connectivity index (χ4n) is 1.57. The van der Waals surface area contributed by atoms with Crippen molar-refractivity contribution >= 4 is 11.6 Å². The first kappa shape index (κ1) is 14.0. The average molecular weight is 245 g/mol. The minimum absolute atomic E-state index is 0.0527. The molecule has 1 aromatic rings. The molecule has 1 aromatic carbocycles. The first-order chi connectivity index (χ1) is 8.47. The van der Waals surface area contributed by atoms with E-state index in [-0.39, 0.29) is 11.9 Å². The molecule has 1 rings (SSSR count). The molecule has 0 aliphatic heterocycles. The van der Waals surface area contributed by atoms with E-state index in [1.54, 1.807) is 11.9 Å². The second kappa shape index (κ2) is 6.06. The summed E-state index contributed by atoms with van der Waals surface area (Å²) in [5.74, 6) is -0.0527. The molecule has 1 amide bonds. The van der Waals surface area contributed by atoms with Crippen LogP contribution in [0.25, 0.3) is 0 Å². The molecule has 0 aliphatic rings. The zero-order valence-electron chi connectivity index (χ0n) is 11.3. The summed E-state index contributed by atoms with van der Waals surface area (Å²) in [6.07, 6.45) is 0.345. The molecule has 18 heavy (non-hydrogen) atoms. The molecule has 0 heterocycles. The highest BCUT2D eigenvalue weighted by Crippen LogP contribution is 2.14. The zero-order chi connectivity index (χ0) is 13.7. The number of hydrogen-bond acceptors (Lipinski definition) is 3. The quantitative estimate of drug-likeness (QED) is 0.816. The van der Waals surface area contributed by atoms with Gasteiger partial charge in [0, 0.05) is 38.4 Å². The fraction of sp³-hybridized carbons (Fsp3) is 0.429. The predicted octanol–water partition coefficient (Wildman–Crippen LogP) is 2.13. The Morgan fingerprint density at radius 1 is 1.28 bits per heavy atom. The first-order valence-corrected chi connectivity index (χ1v) is 5.89. The van der Waals surface area contributed by atoms with Gasteiger partial charge in [0.15, 0.2) is 0 Å². The number of hydrogen-bond donors (Lipinski definition) is 0. The lowest BCUT2D eigenvalue weighted by Gasteiger charge is -2.23. The molecule has 4 heteroatoms. The highest BCUT2D eigenvalue weighted by molar-refractivity contribution is 5.94. The molecular formula is C14H19N3O. The van der Waals surface area contributed by atoms with E-state index in [0.717, 1.165) is 5.69 Å². The topological polar surface area (TPSA) is 47.3 Å². The Balaban J connectivity index is 2.81. The number of benzene rings is 1. The van der Waals surface area contributed by atoms with E-state index in [2.05, 4.69) is 6.07 Å². The van der Waals surface area contributed by atoms with Gasteiger partial charge < -0.3 is 9.80 Å². The SMILES string of the molecule is CC(CC#N)N(C)C(=O)c1ccc(N(C)C)cc1. The van der Waals surface area contributed by atoms with E-state index in [1.165, 1.54) is 0 Å². The Morgan fingerprint density at radius 2 is 1.83 bits per heavy atom. The minimum Gasteiger partial charge on any atom is -0.378 e. The molecule has 0 radical (unpaired) electrons. The number of nitriles is 1. The van der Waals surface area contributed by atoms with Crippen molar-refractivity contribution in [3.63, 3.8) is 0 Å². The Labute approximate surface area is 108 Å². The predicted molar refractivity (Wildman–Crippen MR) is 72.6 cm³/mol. The normalized spacial score (nSPS) is 11.5. The maximum atomic E-state index is 12.1. The first-order valence-electron chi connectivity index (χ1n) is 5.89. The molecule has 1 atom stereocenters. The van der Waals surface area contributed by atoms with Crippen molar-refractivity contribution in [3.8, 4) is 6.07 Å². The molecule has 0 N–H and O–H groups in total. The third-order valence-corrected chi connectivity index (χ3v) is 3.00. The molecular weight excluding hydrogens is 226 g/mol. The highest BCUT2D eigenvalue weighted by atomic mass is 16.2. The number of anilines is 1. The molecule has 0 aliphatic carbocycles. The van der Waals surface area contributed by atoms with Crippen LogP contribution in [-0.4, -0.2) is 38.0 Å². The van der Waals surface area contributed by atoms with Gasteiger partial charge in [-0.05, 0) is 31.2 Å². The lowest BCUT2D eigenvalue weighted by molar-refractivity contribution is 0.0746. The van der Waals surface area contributed by atoms with Crippen LogP contribution in [0.1, 0.15) is 23.7 Å². The van der Waals surface area contributed by atoms with Crippen molar-refractivity contribution in [1.82, 2.24) is 4.90 Å². The van der Waals surface area contributed by atoms with E-state index in [0.29, 0.717) is 12.0 Å². The average Bonchev–Trinajstić information content (AvgIpc) is 2.37. The van der Waals surface area contributed by atoms with Gasteiger partial charge in [-0.2, -0.15) is 5.26 Å². The van der Waals surface area contributed by atoms with Crippen LogP contribution in [0.3, 0.4) is 0 Å². The van der Waals surface area contributed by atoms with Crippen LogP contribution in [0.5, 0.6) is 0 Å². The monoisotopic (exact) mass is 245 g/mol. The number of amides is 1. The summed E-state index contributed by atoms with van der Waals surface area (Å²) in [6.45, 7) is 1.87. The van der Waals surface area contributed by atoms with E-state index in [4.69, 9.17) is 5.26 Å². The molecule has 0 bridgehead atoms. The maximum Gasteiger partial charge on any atom is 0.253 e. The lowest BCUT2D eigenvalue weighted by Crippen LogP contribution is -2.34. The number of rotatable bonds is 4. The summed E-state index contributed by atoms with van der Waals surface area (Å²) in [6, 6.07) is 9.46. The van der Waals surface area contributed by atoms with Gasteiger partial charge in [0.25, 0.3) is 5.91 Å². The van der Waals surface area contributed by atoms with Crippen LogP contribution >= 0.6 is 0 Å². The standard InChI is InChI=1S/C14H19N3O/c1-11(9-10-15)17(4)14(18)12-5-7-13(8-6-12)16(2)3/h5-8,11H,9H2,1-4H3. The third-order valence-electron chi connectivity index (χ3n) is 3.00. The van der Waals surface area contributed by atoms with E-state index < -0.39 is 0 Å². The Bertz CT molecular complexity index is 445. The van der Waals surface area contributed by atoms with Crippen LogP contribution in [0.4, 0.5) is 5.69 Å². The van der Waals surface area contributed by atoms with Crippen molar-refractivity contribution < 1.29 is 4.79 Å². The Kier molecular flexibility index (Phi) is 4.73. The van der Waals surface area contributed by atoms with Gasteiger partial charge in [-0.1, -0.05) is 0 Å². The van der Waals surface area contributed by atoms with Gasteiger partial charge in [0.2, 0.25) is 0 Å². The van der Waals surface area contributed by atoms with Crippen molar-refractivity contribution in [2.24, 2.45) is 0 Å². The molecule has 1 unspecified atom stereocenters. The van der Waals surface area contributed by atoms with E-state index >= 15 is 0 Å². The van der Waals surface area contributed by atoms with Gasteiger partial charge in [-0.15, -0.1) is 0 Å². The molecule has 0 aromatic heterocycles. The van der Waals surface area contributed by atoms with E-state index in [9.17, 15) is 4.79 Å². The molecule has 0 saturated heterocycles. The second-order valence-corrected chi connectivity index (χ2v) is 4.57. The van der Waals surface area contributed by atoms with Crippen LogP contribution < -0.4 is 4.90 Å². The van der Waals surface area contributed by atoms with Gasteiger partial charge in [-0.3, -0.25) is 4.79 Å². The van der Waals surface area contributed by atoms with Gasteiger partial charge in [0.1, 0.15) is 0 Å². The highest BCUT2D eigenvalue weighted by Gasteiger charge is 2.17. The number of nitrogens with zero attached hydrogens (tertiary/aromatic N) is 3. The van der Waals surface area contributed by atoms with Gasteiger partial charge in [0.05, 0.1) is 12.5 Å². The van der Waals surface area contributed by atoms with Crippen molar-refractivity contribution in [2.45, 2.75) is 19.4 Å². The molecule has 4 nitrogen and oxygen atoms in total. The van der Waals surface area contributed by atoms with Crippen molar-refractivity contribution in [3.05, 3.63) is 29.8 Å². The lowest BCUT2D eigenvalue weighted by atomic mass is 10.1. The van der Waals surface area contributed by atoms with Crippen LogP contribution in [-0.2, 0) is 0 Å². The Hall–Kier alpha value is -2.02. The number of carbonyl (C=O) groups excluding carboxylic acids is 1. The van der Waals surface area contributed by atoms with Gasteiger partial charge >= 0.3 is 0 Å². The summed E-state index contributed by atoms with van der Waals surface area (Å²) in [4.78, 5) is 15.7. The fourth-order valence-corrected chi connectivity index (χ4v) is 1.57.